The molecule has 0 aliphatic heterocycles. The molecule has 0 aliphatic rings. The first-order valence-corrected chi connectivity index (χ1v) is 4.66. The Morgan fingerprint density at radius 2 is 2.13 bits per heavy atom. The van der Waals surface area contributed by atoms with E-state index >= 15 is 0 Å². The Bertz CT molecular complexity index is 350. The van der Waals surface area contributed by atoms with E-state index in [0.717, 1.165) is 11.3 Å². The first-order chi connectivity index (χ1) is 7.17. The van der Waals surface area contributed by atoms with Gasteiger partial charge in [0.15, 0.2) is 0 Å². The van der Waals surface area contributed by atoms with Crippen LogP contribution in [-0.2, 0) is 16.0 Å². The van der Waals surface area contributed by atoms with Gasteiger partial charge in [-0.1, -0.05) is 0 Å². The van der Waals surface area contributed by atoms with E-state index in [2.05, 4.69) is 4.74 Å². The molecule has 15 heavy (non-hydrogen) atoms. The Balaban J connectivity index is 2.70. The number of ether oxygens (including phenoxy) is 2. The van der Waals surface area contributed by atoms with Crippen molar-refractivity contribution in [3.63, 3.8) is 0 Å². The topological polar surface area (TPSA) is 61.5 Å². The number of hydrogen-bond acceptors (Lipinski definition) is 4. The second-order valence-corrected chi connectivity index (χ2v) is 3.14. The van der Waals surface area contributed by atoms with Gasteiger partial charge in [0.2, 0.25) is 0 Å². The monoisotopic (exact) mass is 209 g/mol. The molecule has 0 spiro atoms. The number of anilines is 1. The summed E-state index contributed by atoms with van der Waals surface area (Å²) in [5.74, 6) is 0.501. The van der Waals surface area contributed by atoms with Gasteiger partial charge in [0.1, 0.15) is 5.75 Å². The molecule has 1 rings (SSSR count). The van der Waals surface area contributed by atoms with Crippen LogP contribution < -0.4 is 10.5 Å². The fraction of sp³-hybridized carbons (Fsp3) is 0.364. The van der Waals surface area contributed by atoms with E-state index in [4.69, 9.17) is 10.5 Å². The van der Waals surface area contributed by atoms with Gasteiger partial charge < -0.3 is 15.2 Å². The van der Waals surface area contributed by atoms with Crippen LogP contribution in [-0.4, -0.2) is 20.2 Å². The van der Waals surface area contributed by atoms with Crippen molar-refractivity contribution in [2.24, 2.45) is 0 Å². The van der Waals surface area contributed by atoms with Crippen LogP contribution in [0, 0.1) is 0 Å². The molecule has 4 nitrogen and oxygen atoms in total. The fourth-order valence-corrected chi connectivity index (χ4v) is 1.26. The molecule has 0 aliphatic carbocycles. The van der Waals surface area contributed by atoms with Crippen LogP contribution in [0.2, 0.25) is 0 Å². The lowest BCUT2D eigenvalue weighted by Crippen LogP contribution is -2.03. The highest BCUT2D eigenvalue weighted by Crippen LogP contribution is 2.20. The zero-order chi connectivity index (χ0) is 11.3. The van der Waals surface area contributed by atoms with Crippen molar-refractivity contribution in [3.05, 3.63) is 23.8 Å². The molecule has 0 heterocycles. The van der Waals surface area contributed by atoms with E-state index < -0.39 is 0 Å². The number of aryl methyl sites for hydroxylation is 1. The molecule has 0 aromatic heterocycles. The van der Waals surface area contributed by atoms with Gasteiger partial charge in [0.05, 0.1) is 14.2 Å². The number of nitrogen functional groups attached to an aromatic ring is 1. The summed E-state index contributed by atoms with van der Waals surface area (Å²) < 4.78 is 9.63. The van der Waals surface area contributed by atoms with Crippen molar-refractivity contribution in [1.82, 2.24) is 0 Å². The second kappa shape index (κ2) is 5.24. The standard InChI is InChI=1S/C11H15NO3/c1-14-9-4-5-10(12)8(7-9)3-6-11(13)15-2/h4-5,7H,3,6,12H2,1-2H3. The molecular formula is C11H15NO3. The van der Waals surface area contributed by atoms with E-state index in [0.29, 0.717) is 18.5 Å². The van der Waals surface area contributed by atoms with Crippen LogP contribution in [0.25, 0.3) is 0 Å². The molecule has 0 radical (unpaired) electrons. The van der Waals surface area contributed by atoms with Crippen molar-refractivity contribution in [3.8, 4) is 5.75 Å². The predicted octanol–water partition coefficient (Wildman–Crippen LogP) is 1.38. The van der Waals surface area contributed by atoms with Crippen LogP contribution in [0.5, 0.6) is 5.75 Å². The second-order valence-electron chi connectivity index (χ2n) is 3.14. The summed E-state index contributed by atoms with van der Waals surface area (Å²) in [6.45, 7) is 0. The summed E-state index contributed by atoms with van der Waals surface area (Å²) in [5, 5.41) is 0. The van der Waals surface area contributed by atoms with Crippen LogP contribution >= 0.6 is 0 Å². The number of carbonyl (C=O) groups is 1. The molecule has 0 saturated carbocycles. The average Bonchev–Trinajstić information content (AvgIpc) is 2.27. The summed E-state index contributed by atoms with van der Waals surface area (Å²) in [6, 6.07) is 5.39. The van der Waals surface area contributed by atoms with Gasteiger partial charge in [0, 0.05) is 12.1 Å². The molecule has 0 unspecified atom stereocenters. The molecule has 2 N–H and O–H groups in total. The maximum absolute atomic E-state index is 11.0. The van der Waals surface area contributed by atoms with E-state index in [-0.39, 0.29) is 5.97 Å². The number of carbonyl (C=O) groups excluding carboxylic acids is 1. The summed E-state index contributed by atoms with van der Waals surface area (Å²) >= 11 is 0. The third-order valence-electron chi connectivity index (χ3n) is 2.18. The number of benzene rings is 1. The SMILES string of the molecule is COC(=O)CCc1cc(OC)ccc1N. The van der Waals surface area contributed by atoms with E-state index in [1.807, 2.05) is 6.07 Å². The minimum Gasteiger partial charge on any atom is -0.497 e. The highest BCUT2D eigenvalue weighted by Gasteiger charge is 2.05. The maximum atomic E-state index is 11.0. The third kappa shape index (κ3) is 3.16. The molecule has 1 aromatic carbocycles. The summed E-state index contributed by atoms with van der Waals surface area (Å²) in [6.07, 6.45) is 0.892. The van der Waals surface area contributed by atoms with Gasteiger partial charge in [-0.3, -0.25) is 4.79 Å². The van der Waals surface area contributed by atoms with Gasteiger partial charge in [-0.05, 0) is 30.2 Å². The summed E-state index contributed by atoms with van der Waals surface area (Å²) in [5.41, 5.74) is 7.33. The summed E-state index contributed by atoms with van der Waals surface area (Å²) in [7, 11) is 2.97. The smallest absolute Gasteiger partial charge is 0.305 e. The number of rotatable bonds is 4. The third-order valence-corrected chi connectivity index (χ3v) is 2.18. The Morgan fingerprint density at radius 1 is 1.40 bits per heavy atom. The van der Waals surface area contributed by atoms with Crippen molar-refractivity contribution >= 4 is 11.7 Å². The number of methoxy groups -OCH3 is 2. The molecule has 4 heteroatoms. The van der Waals surface area contributed by atoms with E-state index in [1.165, 1.54) is 7.11 Å². The Kier molecular flexibility index (Phi) is 3.97. The average molecular weight is 209 g/mol. The first kappa shape index (κ1) is 11.4. The highest BCUT2D eigenvalue weighted by molar-refractivity contribution is 5.70. The quantitative estimate of drug-likeness (QED) is 0.601. The molecule has 0 bridgehead atoms. The molecule has 0 atom stereocenters. The molecule has 0 saturated heterocycles. The predicted molar refractivity (Wildman–Crippen MR) is 57.7 cm³/mol. The van der Waals surface area contributed by atoms with E-state index in [9.17, 15) is 4.79 Å². The lowest BCUT2D eigenvalue weighted by atomic mass is 10.1. The zero-order valence-electron chi connectivity index (χ0n) is 8.95. The number of nitrogens with two attached hydrogens (primary N) is 1. The molecule has 0 fully saturated rings. The maximum Gasteiger partial charge on any atom is 0.305 e. The van der Waals surface area contributed by atoms with E-state index in [1.54, 1.807) is 19.2 Å². The van der Waals surface area contributed by atoms with Crippen molar-refractivity contribution in [2.75, 3.05) is 20.0 Å². The van der Waals surface area contributed by atoms with Gasteiger partial charge in [-0.15, -0.1) is 0 Å². The minimum atomic E-state index is -0.239. The Morgan fingerprint density at radius 3 is 2.73 bits per heavy atom. The molecule has 1 aromatic rings. The van der Waals surface area contributed by atoms with Crippen LogP contribution in [0.3, 0.4) is 0 Å². The number of esters is 1. The van der Waals surface area contributed by atoms with Crippen molar-refractivity contribution in [1.29, 1.82) is 0 Å². The van der Waals surface area contributed by atoms with Crippen molar-refractivity contribution in [2.45, 2.75) is 12.8 Å². The van der Waals surface area contributed by atoms with Crippen LogP contribution in [0.1, 0.15) is 12.0 Å². The first-order valence-electron chi connectivity index (χ1n) is 4.66. The Labute approximate surface area is 89.0 Å². The molecular weight excluding hydrogens is 194 g/mol. The Hall–Kier alpha value is -1.71. The van der Waals surface area contributed by atoms with Crippen LogP contribution in [0.4, 0.5) is 5.69 Å². The van der Waals surface area contributed by atoms with Crippen LogP contribution in [0.15, 0.2) is 18.2 Å². The van der Waals surface area contributed by atoms with Gasteiger partial charge in [0.25, 0.3) is 0 Å². The largest absolute Gasteiger partial charge is 0.497 e. The fourth-order valence-electron chi connectivity index (χ4n) is 1.26. The number of hydrogen-bond donors (Lipinski definition) is 1. The normalized spacial score (nSPS) is 9.73. The van der Waals surface area contributed by atoms with Gasteiger partial charge in [-0.2, -0.15) is 0 Å². The lowest BCUT2D eigenvalue weighted by molar-refractivity contribution is -0.140. The minimum absolute atomic E-state index is 0.239. The highest BCUT2D eigenvalue weighted by atomic mass is 16.5. The van der Waals surface area contributed by atoms with Gasteiger partial charge >= 0.3 is 5.97 Å². The van der Waals surface area contributed by atoms with Crippen molar-refractivity contribution < 1.29 is 14.3 Å². The molecule has 0 amide bonds. The summed E-state index contributed by atoms with van der Waals surface area (Å²) in [4.78, 5) is 11.0. The zero-order valence-corrected chi connectivity index (χ0v) is 8.95. The van der Waals surface area contributed by atoms with Gasteiger partial charge in [-0.25, -0.2) is 0 Å². The molecule has 82 valence electrons. The lowest BCUT2D eigenvalue weighted by Gasteiger charge is -2.07.